The molecule has 0 bridgehead atoms. The highest BCUT2D eigenvalue weighted by atomic mass is 35.5. The summed E-state index contributed by atoms with van der Waals surface area (Å²) in [4.78, 5) is 28.6. The van der Waals surface area contributed by atoms with E-state index in [1.807, 2.05) is 37.3 Å². The van der Waals surface area contributed by atoms with Gasteiger partial charge in [0, 0.05) is 45.3 Å². The van der Waals surface area contributed by atoms with Crippen molar-refractivity contribution in [1.82, 2.24) is 30.5 Å². The summed E-state index contributed by atoms with van der Waals surface area (Å²) >= 11 is 12.5. The molecule has 0 saturated carbocycles. The molecule has 0 unspecified atom stereocenters. The molecule has 190 valence electrons. The molecule has 1 amide bonds. The number of halogens is 2. The summed E-state index contributed by atoms with van der Waals surface area (Å²) < 4.78 is 0. The molecule has 1 aliphatic rings. The van der Waals surface area contributed by atoms with E-state index < -0.39 is 0 Å². The van der Waals surface area contributed by atoms with Crippen molar-refractivity contribution in [3.63, 3.8) is 0 Å². The number of carbonyl (C=O) groups is 1. The van der Waals surface area contributed by atoms with Crippen LogP contribution in [0.4, 0.5) is 5.82 Å². The Morgan fingerprint density at radius 3 is 2.61 bits per heavy atom. The number of nitrogens with zero attached hydrogens (tertiary/aromatic N) is 4. The van der Waals surface area contributed by atoms with Crippen molar-refractivity contribution >= 4 is 34.9 Å². The van der Waals surface area contributed by atoms with E-state index in [-0.39, 0.29) is 11.9 Å². The monoisotopic (exact) mass is 527 g/mol. The fourth-order valence-electron chi connectivity index (χ4n) is 4.10. The largest absolute Gasteiger partial charge is 0.366 e. The number of aromatic nitrogens is 3. The van der Waals surface area contributed by atoms with Crippen LogP contribution in [-0.4, -0.2) is 65.0 Å². The van der Waals surface area contributed by atoms with Crippen molar-refractivity contribution in [2.24, 2.45) is 0 Å². The maximum absolute atomic E-state index is 12.8. The molecule has 8 nitrogen and oxygen atoms in total. The Bertz CT molecular complexity index is 1140. The van der Waals surface area contributed by atoms with Gasteiger partial charge in [-0.2, -0.15) is 0 Å². The maximum Gasteiger partial charge on any atom is 0.220 e. The van der Waals surface area contributed by atoms with Gasteiger partial charge in [-0.05, 0) is 37.6 Å². The third-order valence-electron chi connectivity index (χ3n) is 6.07. The summed E-state index contributed by atoms with van der Waals surface area (Å²) in [5.41, 5.74) is 2.23. The van der Waals surface area contributed by atoms with E-state index in [1.165, 1.54) is 0 Å². The minimum Gasteiger partial charge on any atom is -0.366 e. The number of hydrogen-bond acceptors (Lipinski definition) is 7. The molecule has 0 aliphatic carbocycles. The number of anilines is 1. The highest BCUT2D eigenvalue weighted by molar-refractivity contribution is 6.33. The van der Waals surface area contributed by atoms with Crippen LogP contribution >= 0.6 is 23.2 Å². The number of aryl methyl sites for hydroxylation is 1. The summed E-state index contributed by atoms with van der Waals surface area (Å²) in [7, 11) is 0. The fourth-order valence-corrected chi connectivity index (χ4v) is 4.36. The second kappa shape index (κ2) is 13.0. The predicted octanol–water partition coefficient (Wildman–Crippen LogP) is 4.11. The zero-order valence-electron chi connectivity index (χ0n) is 20.3. The van der Waals surface area contributed by atoms with Crippen LogP contribution in [0.15, 0.2) is 48.7 Å². The second-order valence-electron chi connectivity index (χ2n) is 8.76. The molecule has 3 N–H and O–H groups in total. The lowest BCUT2D eigenvalue weighted by molar-refractivity contribution is -0.121. The topological polar surface area (TPSA) is 95.1 Å². The predicted molar refractivity (Wildman–Crippen MR) is 144 cm³/mol. The van der Waals surface area contributed by atoms with E-state index in [0.717, 1.165) is 44.7 Å². The van der Waals surface area contributed by atoms with Gasteiger partial charge in [0.2, 0.25) is 5.91 Å². The molecule has 2 aromatic heterocycles. The molecular weight excluding hydrogens is 497 g/mol. The Kier molecular flexibility index (Phi) is 9.47. The maximum atomic E-state index is 12.8. The third kappa shape index (κ3) is 7.36. The number of carbonyl (C=O) groups excluding carboxylic acids is 1. The van der Waals surface area contributed by atoms with Gasteiger partial charge in [0.1, 0.15) is 16.5 Å². The Morgan fingerprint density at radius 1 is 1.11 bits per heavy atom. The molecule has 1 aromatic carbocycles. The van der Waals surface area contributed by atoms with Gasteiger partial charge in [0.15, 0.2) is 5.82 Å². The van der Waals surface area contributed by atoms with E-state index in [4.69, 9.17) is 23.2 Å². The third-order valence-corrected chi connectivity index (χ3v) is 6.75. The van der Waals surface area contributed by atoms with Gasteiger partial charge in [0.25, 0.3) is 0 Å². The van der Waals surface area contributed by atoms with Crippen LogP contribution in [0.1, 0.15) is 30.1 Å². The summed E-state index contributed by atoms with van der Waals surface area (Å²) in [6, 6.07) is 13.2. The van der Waals surface area contributed by atoms with Crippen molar-refractivity contribution in [2.45, 2.75) is 25.8 Å². The minimum atomic E-state index is -0.249. The van der Waals surface area contributed by atoms with Crippen molar-refractivity contribution in [3.8, 4) is 11.5 Å². The van der Waals surface area contributed by atoms with Crippen molar-refractivity contribution < 1.29 is 4.79 Å². The molecule has 36 heavy (non-hydrogen) atoms. The Hall–Kier alpha value is -2.78. The molecule has 1 saturated heterocycles. The minimum absolute atomic E-state index is 0.0248. The van der Waals surface area contributed by atoms with Crippen molar-refractivity contribution in [1.29, 1.82) is 0 Å². The molecule has 1 atom stereocenters. The second-order valence-corrected chi connectivity index (χ2v) is 9.58. The molecule has 3 aromatic rings. The SMILES string of the molecule is Cc1nc(-c2ccc(Cl)cn2)nc(NC[C@H](NC(=O)CCCN2CCNCC2)c2ccccc2)c1Cl. The zero-order valence-corrected chi connectivity index (χ0v) is 21.8. The number of amides is 1. The van der Waals surface area contributed by atoms with Crippen LogP contribution < -0.4 is 16.0 Å². The van der Waals surface area contributed by atoms with E-state index in [9.17, 15) is 4.79 Å². The summed E-state index contributed by atoms with van der Waals surface area (Å²) in [6.45, 7) is 7.25. The van der Waals surface area contributed by atoms with Crippen LogP contribution in [0.2, 0.25) is 10.0 Å². The van der Waals surface area contributed by atoms with E-state index in [0.29, 0.717) is 46.0 Å². The highest BCUT2D eigenvalue weighted by Crippen LogP contribution is 2.27. The first-order valence-corrected chi connectivity index (χ1v) is 12.9. The quantitative estimate of drug-likeness (QED) is 0.365. The van der Waals surface area contributed by atoms with Gasteiger partial charge in [-0.25, -0.2) is 9.97 Å². The van der Waals surface area contributed by atoms with E-state index in [2.05, 4.69) is 35.8 Å². The number of hydrogen-bond donors (Lipinski definition) is 3. The first-order valence-electron chi connectivity index (χ1n) is 12.2. The number of rotatable bonds is 10. The number of piperazine rings is 1. The summed E-state index contributed by atoms with van der Waals surface area (Å²) in [6.07, 6.45) is 2.86. The molecule has 10 heteroatoms. The summed E-state index contributed by atoms with van der Waals surface area (Å²) in [5.74, 6) is 0.964. The Morgan fingerprint density at radius 2 is 1.89 bits per heavy atom. The average molecular weight is 528 g/mol. The van der Waals surface area contributed by atoms with Gasteiger partial charge in [-0.15, -0.1) is 0 Å². The molecule has 1 fully saturated rings. The molecule has 3 heterocycles. The van der Waals surface area contributed by atoms with Gasteiger partial charge in [-0.3, -0.25) is 9.78 Å². The molecule has 4 rings (SSSR count). The van der Waals surface area contributed by atoms with Crippen molar-refractivity contribution in [3.05, 3.63) is 70.0 Å². The molecule has 0 radical (unpaired) electrons. The molecule has 1 aliphatic heterocycles. The number of pyridine rings is 1. The Labute approximate surface area is 221 Å². The number of benzene rings is 1. The van der Waals surface area contributed by atoms with Gasteiger partial charge < -0.3 is 20.9 Å². The average Bonchev–Trinajstić information content (AvgIpc) is 2.90. The first kappa shape index (κ1) is 26.3. The van der Waals surface area contributed by atoms with Crippen LogP contribution in [0.3, 0.4) is 0 Å². The standard InChI is InChI=1S/C26H31Cl2N7O/c1-18-24(28)26(34-25(32-18)21-10-9-20(27)16-30-21)31-17-22(19-6-3-2-4-7-19)33-23(36)8-5-13-35-14-11-29-12-15-35/h2-4,6-7,9-10,16,22,29H,5,8,11-15,17H2,1H3,(H,33,36)(H,31,32,34)/t22-/m0/s1. The lowest BCUT2D eigenvalue weighted by Gasteiger charge is -2.27. The lowest BCUT2D eigenvalue weighted by atomic mass is 10.1. The van der Waals surface area contributed by atoms with E-state index in [1.54, 1.807) is 18.3 Å². The van der Waals surface area contributed by atoms with Gasteiger partial charge in [-0.1, -0.05) is 53.5 Å². The van der Waals surface area contributed by atoms with E-state index >= 15 is 0 Å². The van der Waals surface area contributed by atoms with Crippen LogP contribution in [0, 0.1) is 6.92 Å². The van der Waals surface area contributed by atoms with Crippen LogP contribution in [-0.2, 0) is 4.79 Å². The Balaban J connectivity index is 1.42. The first-order chi connectivity index (χ1) is 17.5. The zero-order chi connectivity index (χ0) is 25.3. The molecular formula is C26H31Cl2N7O. The van der Waals surface area contributed by atoms with Gasteiger partial charge >= 0.3 is 0 Å². The van der Waals surface area contributed by atoms with Crippen LogP contribution in [0.5, 0.6) is 0 Å². The van der Waals surface area contributed by atoms with Crippen LogP contribution in [0.25, 0.3) is 11.5 Å². The smallest absolute Gasteiger partial charge is 0.220 e. The molecule has 0 spiro atoms. The number of nitrogens with one attached hydrogen (secondary N) is 3. The lowest BCUT2D eigenvalue weighted by Crippen LogP contribution is -2.44. The highest BCUT2D eigenvalue weighted by Gasteiger charge is 2.18. The summed E-state index contributed by atoms with van der Waals surface area (Å²) in [5, 5.41) is 10.8. The van der Waals surface area contributed by atoms with Gasteiger partial charge in [0.05, 0.1) is 16.8 Å². The normalized spacial score (nSPS) is 14.9. The van der Waals surface area contributed by atoms with Crippen molar-refractivity contribution in [2.75, 3.05) is 44.6 Å². The fraction of sp³-hybridized carbons (Fsp3) is 0.385.